The third-order valence-electron chi connectivity index (χ3n) is 3.57. The van der Waals surface area contributed by atoms with Crippen LogP contribution in [0.1, 0.15) is 9.67 Å². The van der Waals surface area contributed by atoms with E-state index < -0.39 is 0 Å². The maximum absolute atomic E-state index is 12.1. The third kappa shape index (κ3) is 4.43. The molecule has 0 fully saturated rings. The van der Waals surface area contributed by atoms with Gasteiger partial charge in [0, 0.05) is 11.6 Å². The highest BCUT2D eigenvalue weighted by molar-refractivity contribution is 7.12. The fraction of sp³-hybridized carbons (Fsp3) is 0.167. The summed E-state index contributed by atoms with van der Waals surface area (Å²) in [5, 5.41) is 1.90. The first-order valence-corrected chi connectivity index (χ1v) is 8.23. The summed E-state index contributed by atoms with van der Waals surface area (Å²) in [5.74, 6) is 1.41. The molecule has 25 heavy (non-hydrogen) atoms. The number of ketones is 1. The van der Waals surface area contributed by atoms with E-state index in [1.807, 2.05) is 48.0 Å². The van der Waals surface area contributed by atoms with E-state index in [0.717, 1.165) is 16.1 Å². The maximum atomic E-state index is 12.1. The molecule has 0 amide bonds. The first-order valence-electron chi connectivity index (χ1n) is 7.35. The van der Waals surface area contributed by atoms with Gasteiger partial charge in [-0.15, -0.1) is 11.3 Å². The van der Waals surface area contributed by atoms with Gasteiger partial charge >= 0.3 is 0 Å². The lowest BCUT2D eigenvalue weighted by Gasteiger charge is -2.08. The van der Waals surface area contributed by atoms with Gasteiger partial charge in [0.05, 0.1) is 25.3 Å². The van der Waals surface area contributed by atoms with Crippen molar-refractivity contribution >= 4 is 17.1 Å². The van der Waals surface area contributed by atoms with Gasteiger partial charge in [-0.3, -0.25) is 4.79 Å². The monoisotopic (exact) mass is 420 g/mol. The van der Waals surface area contributed by atoms with E-state index in [1.54, 1.807) is 25.1 Å². The minimum atomic E-state index is 0. The van der Waals surface area contributed by atoms with Crippen molar-refractivity contribution in [1.82, 2.24) is 4.98 Å². The zero-order valence-electron chi connectivity index (χ0n) is 13.8. The summed E-state index contributed by atoms with van der Waals surface area (Å²) in [5.41, 5.74) is 1.72. The zero-order valence-corrected chi connectivity index (χ0v) is 16.2. The highest BCUT2D eigenvalue weighted by Gasteiger charge is 2.14. The summed E-state index contributed by atoms with van der Waals surface area (Å²) >= 11 is 1.45. The Hall–Kier alpha value is -2.25. The van der Waals surface area contributed by atoms with Crippen LogP contribution in [0.3, 0.4) is 0 Å². The zero-order chi connectivity index (χ0) is 16.9. The second kappa shape index (κ2) is 8.73. The van der Waals surface area contributed by atoms with Crippen molar-refractivity contribution in [3.63, 3.8) is 0 Å². The van der Waals surface area contributed by atoms with Gasteiger partial charge in [0.15, 0.2) is 23.7 Å². The number of Topliss-reactive ketones (excluding diaryl/α,β-unsaturated/α-hetero) is 1. The highest BCUT2D eigenvalue weighted by atomic mass is 79.9. The molecule has 2 heterocycles. The Labute approximate surface area is 160 Å². The standard InChI is InChI=1S/C18H17N2O3S.BrH/c1-22-16-6-5-13(10-17(16)23-2)14-7-8-20(12-19-14)11-15(21)18-4-3-9-24-18;/h3-10,12H,11H2,1-2H3;1H/q+1;/p-1. The number of nitrogens with zero attached hydrogens (tertiary/aromatic N) is 2. The van der Waals surface area contributed by atoms with E-state index in [0.29, 0.717) is 11.5 Å². The van der Waals surface area contributed by atoms with Crippen LogP contribution in [0.2, 0.25) is 0 Å². The van der Waals surface area contributed by atoms with Gasteiger partial charge in [0.25, 0.3) is 6.33 Å². The Bertz CT molecular complexity index is 836. The molecule has 3 rings (SSSR count). The predicted octanol–water partition coefficient (Wildman–Crippen LogP) is 0.00170. The maximum Gasteiger partial charge on any atom is 0.287 e. The van der Waals surface area contributed by atoms with Gasteiger partial charge in [-0.2, -0.15) is 0 Å². The van der Waals surface area contributed by atoms with E-state index >= 15 is 0 Å². The third-order valence-corrected chi connectivity index (χ3v) is 4.48. The summed E-state index contributed by atoms with van der Waals surface area (Å²) in [6.45, 7) is 0.278. The molecule has 0 radical (unpaired) electrons. The van der Waals surface area contributed by atoms with Gasteiger partial charge < -0.3 is 26.5 Å². The number of hydrogen-bond donors (Lipinski definition) is 0. The smallest absolute Gasteiger partial charge is 0.287 e. The van der Waals surface area contributed by atoms with Crippen LogP contribution in [0.15, 0.2) is 54.3 Å². The number of methoxy groups -OCH3 is 2. The van der Waals surface area contributed by atoms with Crippen molar-refractivity contribution in [3.05, 3.63) is 59.2 Å². The molecule has 0 saturated heterocycles. The normalized spacial score (nSPS) is 10.0. The molecular weight excluding hydrogens is 404 g/mol. The first kappa shape index (κ1) is 19.1. The Morgan fingerprint density at radius 2 is 1.96 bits per heavy atom. The molecule has 3 aromatic rings. The molecule has 0 unspecified atom stereocenters. The van der Waals surface area contributed by atoms with Crippen molar-refractivity contribution in [2.75, 3.05) is 14.2 Å². The van der Waals surface area contributed by atoms with Crippen LogP contribution < -0.4 is 31.0 Å². The van der Waals surface area contributed by atoms with Gasteiger partial charge in [-0.25, -0.2) is 4.57 Å². The largest absolute Gasteiger partial charge is 1.00 e. The molecular formula is C18H17BrN2O3S. The Kier molecular flexibility index (Phi) is 6.66. The van der Waals surface area contributed by atoms with Gasteiger partial charge in [-0.1, -0.05) is 6.07 Å². The van der Waals surface area contributed by atoms with Crippen molar-refractivity contribution < 1.29 is 35.8 Å². The van der Waals surface area contributed by atoms with Gasteiger partial charge in [0.1, 0.15) is 0 Å². The summed E-state index contributed by atoms with van der Waals surface area (Å²) < 4.78 is 12.3. The van der Waals surface area contributed by atoms with Crippen LogP contribution in [-0.2, 0) is 6.54 Å². The molecule has 0 aliphatic carbocycles. The summed E-state index contributed by atoms with van der Waals surface area (Å²) in [4.78, 5) is 17.3. The average molecular weight is 421 g/mol. The number of aromatic nitrogens is 2. The summed E-state index contributed by atoms with van der Waals surface area (Å²) in [7, 11) is 3.20. The molecule has 130 valence electrons. The van der Waals surface area contributed by atoms with Crippen molar-refractivity contribution in [2.24, 2.45) is 0 Å². The SMILES string of the molecule is COc1ccc(-c2cc[n+](CC(=O)c3cccs3)cn2)cc1OC.[Br-]. The Morgan fingerprint density at radius 3 is 2.56 bits per heavy atom. The molecule has 0 N–H and O–H groups in total. The number of hydrogen-bond acceptors (Lipinski definition) is 5. The molecule has 5 nitrogen and oxygen atoms in total. The van der Waals surface area contributed by atoms with Crippen molar-refractivity contribution in [2.45, 2.75) is 6.54 Å². The van der Waals surface area contributed by atoms with Crippen LogP contribution >= 0.6 is 11.3 Å². The summed E-state index contributed by atoms with van der Waals surface area (Å²) in [6, 6.07) is 11.2. The number of ether oxygens (including phenoxy) is 2. The molecule has 7 heteroatoms. The fourth-order valence-electron chi connectivity index (χ4n) is 2.33. The number of benzene rings is 1. The van der Waals surface area contributed by atoms with Crippen molar-refractivity contribution in [3.8, 4) is 22.8 Å². The highest BCUT2D eigenvalue weighted by Crippen LogP contribution is 2.31. The molecule has 0 atom stereocenters. The fourth-order valence-corrected chi connectivity index (χ4v) is 2.98. The molecule has 2 aromatic heterocycles. The van der Waals surface area contributed by atoms with Crippen LogP contribution in [0, 0.1) is 0 Å². The second-order valence-corrected chi connectivity index (χ2v) is 6.04. The lowest BCUT2D eigenvalue weighted by Crippen LogP contribution is -3.00. The molecule has 1 aromatic carbocycles. The second-order valence-electron chi connectivity index (χ2n) is 5.09. The lowest BCUT2D eigenvalue weighted by molar-refractivity contribution is -0.686. The molecule has 0 spiro atoms. The minimum Gasteiger partial charge on any atom is -1.00 e. The molecule has 0 bridgehead atoms. The Morgan fingerprint density at radius 1 is 1.16 bits per heavy atom. The molecule has 0 aliphatic rings. The van der Waals surface area contributed by atoms with Crippen molar-refractivity contribution in [1.29, 1.82) is 0 Å². The average Bonchev–Trinajstić information content (AvgIpc) is 3.16. The molecule has 0 saturated carbocycles. The predicted molar refractivity (Wildman–Crippen MR) is 91.6 cm³/mol. The number of carbonyl (C=O) groups excluding carboxylic acids is 1. The van der Waals surface area contributed by atoms with E-state index in [4.69, 9.17) is 9.47 Å². The lowest BCUT2D eigenvalue weighted by atomic mass is 10.1. The van der Waals surface area contributed by atoms with Crippen LogP contribution in [-0.4, -0.2) is 25.0 Å². The van der Waals surface area contributed by atoms with E-state index in [-0.39, 0.29) is 29.3 Å². The topological polar surface area (TPSA) is 52.3 Å². The number of thiophene rings is 1. The van der Waals surface area contributed by atoms with Crippen LogP contribution in [0.5, 0.6) is 11.5 Å². The van der Waals surface area contributed by atoms with E-state index in [2.05, 4.69) is 4.98 Å². The summed E-state index contributed by atoms with van der Waals surface area (Å²) in [6.07, 6.45) is 3.52. The number of halogens is 1. The van der Waals surface area contributed by atoms with Gasteiger partial charge in [-0.05, 0) is 34.6 Å². The quantitative estimate of drug-likeness (QED) is 0.416. The number of carbonyl (C=O) groups is 1. The van der Waals surface area contributed by atoms with Crippen LogP contribution in [0.4, 0.5) is 0 Å². The molecule has 0 aliphatic heterocycles. The number of rotatable bonds is 6. The van der Waals surface area contributed by atoms with E-state index in [9.17, 15) is 4.79 Å². The minimum absolute atomic E-state index is 0. The Balaban J connectivity index is 0.00000225. The van der Waals surface area contributed by atoms with Gasteiger partial charge in [0.2, 0.25) is 5.78 Å². The van der Waals surface area contributed by atoms with Crippen LogP contribution in [0.25, 0.3) is 11.3 Å². The van der Waals surface area contributed by atoms with E-state index in [1.165, 1.54) is 11.3 Å². The first-order chi connectivity index (χ1) is 11.7.